The number of anilines is 3. The summed E-state index contributed by atoms with van der Waals surface area (Å²) >= 11 is 6.01. The number of nitrogens with one attached hydrogen (secondary N) is 2. The molecule has 1 aliphatic rings. The number of carbonyl (C=O) groups is 1. The van der Waals surface area contributed by atoms with Gasteiger partial charge in [0.05, 0.1) is 12.8 Å². The minimum atomic E-state index is -0.0282. The molecule has 0 unspecified atom stereocenters. The highest BCUT2D eigenvalue weighted by molar-refractivity contribution is 6.30. The molecule has 2 aromatic rings. The van der Waals surface area contributed by atoms with E-state index in [1.54, 1.807) is 25.3 Å². The second-order valence-corrected chi connectivity index (χ2v) is 6.68. The van der Waals surface area contributed by atoms with E-state index in [9.17, 15) is 4.79 Å². The number of likely N-dealkylation sites (N-methyl/N-ethyl adjacent to an activating group) is 1. The summed E-state index contributed by atoms with van der Waals surface area (Å²) in [7, 11) is 1.61. The standard InChI is InChI=1S/C20H24ClN3O2/c1-3-24-11-9-14-4-6-16(13-18(14)24)23-20(25)8-10-22-17-12-15(21)5-7-19(17)26-2/h4-7,12-13,22H,3,8-11H2,1-2H3,(H,23,25). The number of benzene rings is 2. The van der Waals surface area contributed by atoms with Crippen molar-refractivity contribution in [1.29, 1.82) is 0 Å². The molecule has 0 bridgehead atoms. The van der Waals surface area contributed by atoms with Gasteiger partial charge < -0.3 is 20.3 Å². The Hall–Kier alpha value is -2.40. The first kappa shape index (κ1) is 18.4. The summed E-state index contributed by atoms with van der Waals surface area (Å²) < 4.78 is 5.29. The third-order valence-corrected chi connectivity index (χ3v) is 4.81. The van der Waals surface area contributed by atoms with Crippen LogP contribution in [0.1, 0.15) is 18.9 Å². The van der Waals surface area contributed by atoms with Gasteiger partial charge in [-0.3, -0.25) is 4.79 Å². The topological polar surface area (TPSA) is 53.6 Å². The predicted molar refractivity (Wildman–Crippen MR) is 108 cm³/mol. The lowest BCUT2D eigenvalue weighted by Gasteiger charge is -2.17. The van der Waals surface area contributed by atoms with Gasteiger partial charge in [0.25, 0.3) is 0 Å². The number of rotatable bonds is 7. The van der Waals surface area contributed by atoms with Crippen LogP contribution in [0.4, 0.5) is 17.1 Å². The molecule has 1 heterocycles. The van der Waals surface area contributed by atoms with Gasteiger partial charge in [0.2, 0.25) is 5.91 Å². The van der Waals surface area contributed by atoms with E-state index >= 15 is 0 Å². The Balaban J connectivity index is 1.55. The van der Waals surface area contributed by atoms with E-state index in [0.717, 1.165) is 30.9 Å². The van der Waals surface area contributed by atoms with Crippen LogP contribution in [0.3, 0.4) is 0 Å². The van der Waals surface area contributed by atoms with Crippen molar-refractivity contribution >= 4 is 34.6 Å². The van der Waals surface area contributed by atoms with Gasteiger partial charge in [0.15, 0.2) is 0 Å². The first-order chi connectivity index (χ1) is 12.6. The minimum absolute atomic E-state index is 0.0282. The molecular formula is C20H24ClN3O2. The average molecular weight is 374 g/mol. The SMILES string of the molecule is CCN1CCc2ccc(NC(=O)CCNc3cc(Cl)ccc3OC)cc21. The molecule has 0 saturated carbocycles. The van der Waals surface area contributed by atoms with E-state index in [-0.39, 0.29) is 5.91 Å². The molecule has 2 aromatic carbocycles. The molecular weight excluding hydrogens is 350 g/mol. The maximum atomic E-state index is 12.3. The van der Waals surface area contributed by atoms with Crippen molar-refractivity contribution in [3.63, 3.8) is 0 Å². The number of carbonyl (C=O) groups excluding carboxylic acids is 1. The number of methoxy groups -OCH3 is 1. The molecule has 0 radical (unpaired) electrons. The fourth-order valence-corrected chi connectivity index (χ4v) is 3.38. The number of hydrogen-bond acceptors (Lipinski definition) is 4. The normalized spacial score (nSPS) is 12.7. The van der Waals surface area contributed by atoms with E-state index in [1.807, 2.05) is 6.07 Å². The molecule has 0 saturated heterocycles. The van der Waals surface area contributed by atoms with E-state index in [4.69, 9.17) is 16.3 Å². The summed E-state index contributed by atoms with van der Waals surface area (Å²) in [5.74, 6) is 0.674. The summed E-state index contributed by atoms with van der Waals surface area (Å²) in [5.41, 5.74) is 4.20. The van der Waals surface area contributed by atoms with Gasteiger partial charge in [0, 0.05) is 42.5 Å². The Morgan fingerprint density at radius 2 is 2.12 bits per heavy atom. The van der Waals surface area contributed by atoms with E-state index in [1.165, 1.54) is 11.3 Å². The highest BCUT2D eigenvalue weighted by Gasteiger charge is 2.18. The highest BCUT2D eigenvalue weighted by Crippen LogP contribution is 2.30. The maximum Gasteiger partial charge on any atom is 0.226 e. The lowest BCUT2D eigenvalue weighted by atomic mass is 10.1. The first-order valence-electron chi connectivity index (χ1n) is 8.86. The zero-order valence-electron chi connectivity index (χ0n) is 15.1. The van der Waals surface area contributed by atoms with E-state index in [2.05, 4.69) is 34.6 Å². The number of halogens is 1. The van der Waals surface area contributed by atoms with E-state index < -0.39 is 0 Å². The third kappa shape index (κ3) is 4.22. The minimum Gasteiger partial charge on any atom is -0.495 e. The molecule has 138 valence electrons. The van der Waals surface area contributed by atoms with Crippen molar-refractivity contribution in [2.75, 3.05) is 42.3 Å². The second-order valence-electron chi connectivity index (χ2n) is 6.24. The molecule has 3 rings (SSSR count). The summed E-state index contributed by atoms with van der Waals surface area (Å²) in [6, 6.07) is 11.5. The number of hydrogen-bond donors (Lipinski definition) is 2. The van der Waals surface area contributed by atoms with Gasteiger partial charge in [0.1, 0.15) is 5.75 Å². The Bertz CT molecular complexity index is 795. The van der Waals surface area contributed by atoms with Crippen molar-refractivity contribution < 1.29 is 9.53 Å². The molecule has 0 aromatic heterocycles. The van der Waals surface area contributed by atoms with Gasteiger partial charge in [-0.25, -0.2) is 0 Å². The van der Waals surface area contributed by atoms with Crippen molar-refractivity contribution in [3.05, 3.63) is 47.0 Å². The van der Waals surface area contributed by atoms with Crippen molar-refractivity contribution in [3.8, 4) is 5.75 Å². The molecule has 0 spiro atoms. The molecule has 0 atom stereocenters. The second kappa shape index (κ2) is 8.32. The maximum absolute atomic E-state index is 12.3. The Labute approximate surface area is 159 Å². The van der Waals surface area contributed by atoms with Gasteiger partial charge in [-0.05, 0) is 49.2 Å². The molecule has 0 aliphatic carbocycles. The van der Waals surface area contributed by atoms with Crippen LogP contribution in [-0.2, 0) is 11.2 Å². The molecule has 6 heteroatoms. The van der Waals surface area contributed by atoms with Crippen LogP contribution < -0.4 is 20.3 Å². The largest absolute Gasteiger partial charge is 0.495 e. The third-order valence-electron chi connectivity index (χ3n) is 4.57. The smallest absolute Gasteiger partial charge is 0.226 e. The van der Waals surface area contributed by atoms with Gasteiger partial charge in [-0.1, -0.05) is 17.7 Å². The quantitative estimate of drug-likeness (QED) is 0.764. The van der Waals surface area contributed by atoms with Crippen molar-refractivity contribution in [1.82, 2.24) is 0 Å². The summed E-state index contributed by atoms with van der Waals surface area (Å²) in [5, 5.41) is 6.80. The number of fused-ring (bicyclic) bond motifs is 1. The van der Waals surface area contributed by atoms with Crippen LogP contribution in [0, 0.1) is 0 Å². The fourth-order valence-electron chi connectivity index (χ4n) is 3.20. The summed E-state index contributed by atoms with van der Waals surface area (Å²) in [6.45, 7) is 4.68. The van der Waals surface area contributed by atoms with Crippen molar-refractivity contribution in [2.45, 2.75) is 19.8 Å². The van der Waals surface area contributed by atoms with E-state index in [0.29, 0.717) is 23.7 Å². The first-order valence-corrected chi connectivity index (χ1v) is 9.23. The molecule has 5 nitrogen and oxygen atoms in total. The van der Waals surface area contributed by atoms with Crippen LogP contribution in [0.5, 0.6) is 5.75 Å². The zero-order valence-corrected chi connectivity index (χ0v) is 15.9. The molecule has 0 fully saturated rings. The van der Waals surface area contributed by atoms with Crippen LogP contribution in [0.2, 0.25) is 5.02 Å². The predicted octanol–water partition coefficient (Wildman–Crippen LogP) is 4.17. The molecule has 1 amide bonds. The molecule has 26 heavy (non-hydrogen) atoms. The number of amides is 1. The van der Waals surface area contributed by atoms with Crippen LogP contribution >= 0.6 is 11.6 Å². The summed E-state index contributed by atoms with van der Waals surface area (Å²) in [6.07, 6.45) is 1.42. The van der Waals surface area contributed by atoms with Crippen LogP contribution in [0.25, 0.3) is 0 Å². The zero-order chi connectivity index (χ0) is 18.5. The average Bonchev–Trinajstić information content (AvgIpc) is 3.04. The highest BCUT2D eigenvalue weighted by atomic mass is 35.5. The van der Waals surface area contributed by atoms with Gasteiger partial charge in [-0.2, -0.15) is 0 Å². The lowest BCUT2D eigenvalue weighted by Crippen LogP contribution is -2.20. The number of ether oxygens (including phenoxy) is 1. The summed E-state index contributed by atoms with van der Waals surface area (Å²) in [4.78, 5) is 14.6. The number of nitrogens with zero attached hydrogens (tertiary/aromatic N) is 1. The molecule has 2 N–H and O–H groups in total. The van der Waals surface area contributed by atoms with Crippen molar-refractivity contribution in [2.24, 2.45) is 0 Å². The fraction of sp³-hybridized carbons (Fsp3) is 0.350. The Morgan fingerprint density at radius 3 is 2.88 bits per heavy atom. The lowest BCUT2D eigenvalue weighted by molar-refractivity contribution is -0.115. The van der Waals surface area contributed by atoms with Gasteiger partial charge >= 0.3 is 0 Å². The Kier molecular flexibility index (Phi) is 5.89. The monoisotopic (exact) mass is 373 g/mol. The van der Waals surface area contributed by atoms with Crippen LogP contribution in [0.15, 0.2) is 36.4 Å². The van der Waals surface area contributed by atoms with Gasteiger partial charge in [-0.15, -0.1) is 0 Å². The molecule has 1 aliphatic heterocycles. The Morgan fingerprint density at radius 1 is 1.27 bits per heavy atom. The van der Waals surface area contributed by atoms with Crippen LogP contribution in [-0.4, -0.2) is 32.7 Å².